The van der Waals surface area contributed by atoms with Gasteiger partial charge in [-0.15, -0.1) is 11.3 Å². The molecule has 5 nitrogen and oxygen atoms in total. The van der Waals surface area contributed by atoms with Gasteiger partial charge in [0.15, 0.2) is 0 Å². The Morgan fingerprint density at radius 2 is 1.81 bits per heavy atom. The first kappa shape index (κ1) is 24.1. The molecule has 1 aromatic heterocycles. The number of hydrogen-bond acceptors (Lipinski definition) is 6. The maximum atomic E-state index is 6.30. The molecule has 2 aromatic carbocycles. The van der Waals surface area contributed by atoms with Crippen LogP contribution in [-0.4, -0.2) is 67.8 Å². The third kappa shape index (κ3) is 4.60. The van der Waals surface area contributed by atoms with Gasteiger partial charge in [-0.3, -0.25) is 0 Å². The highest BCUT2D eigenvalue weighted by atomic mass is 32.1. The Hall–Kier alpha value is -2.25. The molecule has 3 aliphatic rings. The van der Waals surface area contributed by atoms with Crippen LogP contribution in [0.15, 0.2) is 36.4 Å². The average molecular weight is 504 g/mol. The van der Waals surface area contributed by atoms with Crippen molar-refractivity contribution in [3.8, 4) is 27.4 Å². The van der Waals surface area contributed by atoms with E-state index in [1.807, 2.05) is 11.3 Å². The van der Waals surface area contributed by atoms with E-state index in [0.29, 0.717) is 5.41 Å². The van der Waals surface area contributed by atoms with Crippen LogP contribution in [0.3, 0.4) is 0 Å². The topological polar surface area (TPSA) is 37.8 Å². The van der Waals surface area contributed by atoms with E-state index >= 15 is 0 Å². The maximum Gasteiger partial charge on any atom is 0.124 e. The molecule has 2 fully saturated rings. The molecule has 0 aliphatic carbocycles. The molecule has 0 saturated carbocycles. The molecule has 0 amide bonds. The van der Waals surface area contributed by atoms with Crippen LogP contribution in [0.4, 0.5) is 0 Å². The smallest absolute Gasteiger partial charge is 0.124 e. The number of benzene rings is 2. The predicted octanol–water partition coefficient (Wildman–Crippen LogP) is 5.57. The zero-order chi connectivity index (χ0) is 24.7. The molecule has 36 heavy (non-hydrogen) atoms. The summed E-state index contributed by atoms with van der Waals surface area (Å²) in [4.78, 5) is 11.4. The molecule has 0 radical (unpaired) electrons. The van der Waals surface area contributed by atoms with Gasteiger partial charge in [0.05, 0.1) is 25.5 Å². The van der Waals surface area contributed by atoms with Crippen molar-refractivity contribution in [1.29, 1.82) is 0 Å². The summed E-state index contributed by atoms with van der Waals surface area (Å²) in [5.74, 6) is 0.996. The van der Waals surface area contributed by atoms with Crippen molar-refractivity contribution in [3.63, 3.8) is 0 Å². The first-order valence-electron chi connectivity index (χ1n) is 13.3. The Balaban J connectivity index is 1.15. The Kier molecular flexibility index (Phi) is 6.63. The molecular formula is C30H37N3O2S. The van der Waals surface area contributed by atoms with Gasteiger partial charge in [-0.1, -0.05) is 30.3 Å². The first-order valence-corrected chi connectivity index (χ1v) is 14.1. The number of likely N-dealkylation sites (N-methyl/N-ethyl adjacent to an activating group) is 1. The second-order valence-electron chi connectivity index (χ2n) is 11.0. The van der Waals surface area contributed by atoms with Gasteiger partial charge < -0.3 is 19.3 Å². The molecule has 6 rings (SSSR count). The van der Waals surface area contributed by atoms with Gasteiger partial charge in [0.1, 0.15) is 10.8 Å². The van der Waals surface area contributed by atoms with E-state index < -0.39 is 0 Å². The van der Waals surface area contributed by atoms with Crippen molar-refractivity contribution < 1.29 is 9.47 Å². The summed E-state index contributed by atoms with van der Waals surface area (Å²) >= 11 is 1.87. The van der Waals surface area contributed by atoms with Gasteiger partial charge in [-0.05, 0) is 75.0 Å². The zero-order valence-corrected chi connectivity index (χ0v) is 22.6. The van der Waals surface area contributed by atoms with Crippen molar-refractivity contribution in [1.82, 2.24) is 14.8 Å². The summed E-state index contributed by atoms with van der Waals surface area (Å²) in [6.07, 6.45) is 3.45. The van der Waals surface area contributed by atoms with E-state index in [1.165, 1.54) is 57.9 Å². The Morgan fingerprint density at radius 3 is 2.58 bits per heavy atom. The molecule has 3 aromatic rings. The molecule has 190 valence electrons. The van der Waals surface area contributed by atoms with E-state index in [-0.39, 0.29) is 0 Å². The van der Waals surface area contributed by atoms with Gasteiger partial charge in [0.25, 0.3) is 0 Å². The van der Waals surface area contributed by atoms with Crippen LogP contribution < -0.4 is 4.74 Å². The second kappa shape index (κ2) is 9.90. The Bertz CT molecular complexity index is 1250. The quantitative estimate of drug-likeness (QED) is 0.394. The number of ether oxygens (including phenoxy) is 2. The fourth-order valence-electron chi connectivity index (χ4n) is 5.98. The lowest BCUT2D eigenvalue weighted by Crippen LogP contribution is -2.44. The number of fused-ring (bicyclic) bond motifs is 1. The number of aromatic nitrogens is 1. The number of likely N-dealkylation sites (tertiary alicyclic amines) is 1. The fraction of sp³-hybridized carbons (Fsp3) is 0.500. The SMILES string of the molecule is Cc1c(OCCCN2CCC3(COC3)C2)cccc1-c1cccc(-c2nc3c(s2)CCN(C)C3)c1C. The average Bonchev–Trinajstić information content (AvgIpc) is 3.47. The van der Waals surface area contributed by atoms with Crippen LogP contribution >= 0.6 is 11.3 Å². The largest absolute Gasteiger partial charge is 0.493 e. The molecule has 1 spiro atoms. The summed E-state index contributed by atoms with van der Waals surface area (Å²) < 4.78 is 11.8. The van der Waals surface area contributed by atoms with Crippen LogP contribution in [0, 0.1) is 19.3 Å². The van der Waals surface area contributed by atoms with Gasteiger partial charge in [0.2, 0.25) is 0 Å². The molecule has 4 heterocycles. The summed E-state index contributed by atoms with van der Waals surface area (Å²) in [5, 5.41) is 1.15. The van der Waals surface area contributed by atoms with Crippen LogP contribution in [-0.2, 0) is 17.7 Å². The second-order valence-corrected chi connectivity index (χ2v) is 12.1. The van der Waals surface area contributed by atoms with E-state index in [0.717, 1.165) is 63.1 Å². The van der Waals surface area contributed by atoms with Crippen LogP contribution in [0.25, 0.3) is 21.7 Å². The number of thiazole rings is 1. The number of rotatable bonds is 7. The first-order chi connectivity index (χ1) is 17.5. The van der Waals surface area contributed by atoms with Gasteiger partial charge >= 0.3 is 0 Å². The standard InChI is InChI=1S/C30H37N3O2S/c1-21-23(7-4-9-25(21)29-31-26-17-32(3)14-11-28(26)36-29)24-8-5-10-27(22(24)2)35-16-6-13-33-15-12-30(18-33)19-34-20-30/h4-5,7-10H,6,11-20H2,1-3H3. The molecule has 3 aliphatic heterocycles. The molecule has 6 heteroatoms. The Morgan fingerprint density at radius 1 is 1.03 bits per heavy atom. The minimum atomic E-state index is 0.465. The molecule has 2 saturated heterocycles. The molecule has 0 N–H and O–H groups in total. The van der Waals surface area contributed by atoms with E-state index in [4.69, 9.17) is 14.5 Å². The van der Waals surface area contributed by atoms with E-state index in [1.54, 1.807) is 0 Å². The monoisotopic (exact) mass is 503 g/mol. The lowest BCUT2D eigenvalue weighted by atomic mass is 9.85. The van der Waals surface area contributed by atoms with Crippen LogP contribution in [0.5, 0.6) is 5.75 Å². The van der Waals surface area contributed by atoms with Crippen LogP contribution in [0.2, 0.25) is 0 Å². The normalized spacial score (nSPS) is 19.4. The molecule has 0 unspecified atom stereocenters. The molecular weight excluding hydrogens is 466 g/mol. The third-order valence-corrected chi connectivity index (χ3v) is 9.46. The lowest BCUT2D eigenvalue weighted by Gasteiger charge is -2.37. The van der Waals surface area contributed by atoms with Gasteiger partial charge in [-0.2, -0.15) is 0 Å². The summed E-state index contributed by atoms with van der Waals surface area (Å²) in [6.45, 7) is 12.7. The van der Waals surface area contributed by atoms with Gasteiger partial charge in [-0.25, -0.2) is 4.98 Å². The minimum Gasteiger partial charge on any atom is -0.493 e. The highest BCUT2D eigenvalue weighted by Gasteiger charge is 2.43. The Labute approximate surface area is 219 Å². The lowest BCUT2D eigenvalue weighted by molar-refractivity contribution is -0.105. The van der Waals surface area contributed by atoms with E-state index in [9.17, 15) is 0 Å². The minimum absolute atomic E-state index is 0.465. The van der Waals surface area contributed by atoms with Crippen molar-refractivity contribution in [2.24, 2.45) is 5.41 Å². The fourth-order valence-corrected chi connectivity index (χ4v) is 7.12. The van der Waals surface area contributed by atoms with Crippen LogP contribution in [0.1, 0.15) is 34.5 Å². The maximum absolute atomic E-state index is 6.30. The van der Waals surface area contributed by atoms with Crippen molar-refractivity contribution in [2.45, 2.75) is 39.7 Å². The number of nitrogens with zero attached hydrogens (tertiary/aromatic N) is 3. The highest BCUT2D eigenvalue weighted by molar-refractivity contribution is 7.15. The van der Waals surface area contributed by atoms with Crippen molar-refractivity contribution in [2.75, 3.05) is 53.0 Å². The summed E-state index contributed by atoms with van der Waals surface area (Å²) in [7, 11) is 2.18. The van der Waals surface area contributed by atoms with Crippen molar-refractivity contribution >= 4 is 11.3 Å². The van der Waals surface area contributed by atoms with E-state index in [2.05, 4.69) is 67.1 Å². The predicted molar refractivity (Wildman–Crippen MR) is 147 cm³/mol. The molecule has 0 atom stereocenters. The van der Waals surface area contributed by atoms with Gasteiger partial charge in [0, 0.05) is 42.0 Å². The summed E-state index contributed by atoms with van der Waals surface area (Å²) in [5.41, 5.74) is 7.99. The third-order valence-electron chi connectivity index (χ3n) is 8.27. The highest BCUT2D eigenvalue weighted by Crippen LogP contribution is 2.39. The summed E-state index contributed by atoms with van der Waals surface area (Å²) in [6, 6.07) is 13.1. The number of hydrogen-bond donors (Lipinski definition) is 0. The van der Waals surface area contributed by atoms with Crippen molar-refractivity contribution in [3.05, 3.63) is 58.1 Å². The molecule has 0 bridgehead atoms. The zero-order valence-electron chi connectivity index (χ0n) is 21.8.